The molecule has 0 amide bonds. The van der Waals surface area contributed by atoms with E-state index in [4.69, 9.17) is 9.47 Å². The molecule has 0 bridgehead atoms. The fraction of sp³-hybridized carbons (Fsp3) is 1.00. The van der Waals surface area contributed by atoms with Gasteiger partial charge in [0.1, 0.15) is 0 Å². The summed E-state index contributed by atoms with van der Waals surface area (Å²) in [5.74, 6) is 0. The highest BCUT2D eigenvalue weighted by Crippen LogP contribution is 2.18. The van der Waals surface area contributed by atoms with Crippen LogP contribution in [0.1, 0.15) is 26.2 Å². The van der Waals surface area contributed by atoms with E-state index in [9.17, 15) is 0 Å². The van der Waals surface area contributed by atoms with Gasteiger partial charge in [-0.05, 0) is 19.3 Å². The van der Waals surface area contributed by atoms with E-state index in [1.807, 2.05) is 0 Å². The highest BCUT2D eigenvalue weighted by molar-refractivity contribution is 4.82. The van der Waals surface area contributed by atoms with E-state index in [1.165, 1.54) is 12.8 Å². The van der Waals surface area contributed by atoms with Gasteiger partial charge < -0.3 is 14.8 Å². The summed E-state index contributed by atoms with van der Waals surface area (Å²) >= 11 is 0. The van der Waals surface area contributed by atoms with Crippen molar-refractivity contribution in [1.29, 1.82) is 0 Å². The van der Waals surface area contributed by atoms with Crippen LogP contribution in [0.2, 0.25) is 0 Å². The van der Waals surface area contributed by atoms with Gasteiger partial charge in [-0.2, -0.15) is 0 Å². The lowest BCUT2D eigenvalue weighted by molar-refractivity contribution is -0.000800. The third-order valence-corrected chi connectivity index (χ3v) is 2.12. The average Bonchev–Trinajstić information content (AvgIpc) is 2.93. The lowest BCUT2D eigenvalue weighted by Gasteiger charge is -2.17. The van der Waals surface area contributed by atoms with Crippen molar-refractivity contribution in [3.63, 3.8) is 0 Å². The van der Waals surface area contributed by atoms with Gasteiger partial charge in [-0.1, -0.05) is 6.92 Å². The highest BCUT2D eigenvalue weighted by Gasteiger charge is 2.21. The van der Waals surface area contributed by atoms with Gasteiger partial charge in [-0.3, -0.25) is 0 Å². The number of hydrogen-bond acceptors (Lipinski definition) is 3. The van der Waals surface area contributed by atoms with E-state index in [-0.39, 0.29) is 6.10 Å². The minimum atomic E-state index is 0.227. The molecule has 0 heterocycles. The van der Waals surface area contributed by atoms with Crippen LogP contribution in [0.25, 0.3) is 0 Å². The molecule has 0 aliphatic heterocycles. The van der Waals surface area contributed by atoms with Gasteiger partial charge in [0.2, 0.25) is 0 Å². The predicted molar refractivity (Wildman–Crippen MR) is 52.9 cm³/mol. The molecule has 1 fully saturated rings. The van der Waals surface area contributed by atoms with E-state index in [2.05, 4.69) is 12.2 Å². The van der Waals surface area contributed by atoms with E-state index in [1.54, 1.807) is 7.11 Å². The number of nitrogens with one attached hydrogen (secondary N) is 1. The molecule has 0 spiro atoms. The van der Waals surface area contributed by atoms with Crippen LogP contribution in [0.3, 0.4) is 0 Å². The Morgan fingerprint density at radius 1 is 1.46 bits per heavy atom. The minimum absolute atomic E-state index is 0.227. The van der Waals surface area contributed by atoms with Crippen molar-refractivity contribution in [3.8, 4) is 0 Å². The van der Waals surface area contributed by atoms with Gasteiger partial charge in [0.05, 0.1) is 12.7 Å². The molecule has 1 unspecified atom stereocenters. The molecular weight excluding hydrogens is 166 g/mol. The first kappa shape index (κ1) is 11.0. The van der Waals surface area contributed by atoms with E-state index in [0.717, 1.165) is 25.6 Å². The average molecular weight is 187 g/mol. The zero-order chi connectivity index (χ0) is 9.52. The summed E-state index contributed by atoms with van der Waals surface area (Å²) in [5, 5.41) is 3.45. The molecule has 0 aromatic carbocycles. The topological polar surface area (TPSA) is 30.5 Å². The van der Waals surface area contributed by atoms with E-state index >= 15 is 0 Å². The predicted octanol–water partition coefficient (Wildman–Crippen LogP) is 1.18. The van der Waals surface area contributed by atoms with Crippen molar-refractivity contribution in [2.75, 3.05) is 26.9 Å². The Bertz CT molecular complexity index is 126. The van der Waals surface area contributed by atoms with Gasteiger partial charge in [0.15, 0.2) is 0 Å². The summed E-state index contributed by atoms with van der Waals surface area (Å²) in [6.45, 7) is 4.58. The van der Waals surface area contributed by atoms with Gasteiger partial charge in [-0.15, -0.1) is 0 Å². The Labute approximate surface area is 80.8 Å². The normalized spacial score (nSPS) is 18.9. The van der Waals surface area contributed by atoms with Crippen LogP contribution in [-0.4, -0.2) is 39.0 Å². The molecule has 13 heavy (non-hydrogen) atoms. The lowest BCUT2D eigenvalue weighted by atomic mass is 10.3. The third-order valence-electron chi connectivity index (χ3n) is 2.12. The molecule has 1 atom stereocenters. The smallest absolute Gasteiger partial charge is 0.0932 e. The second kappa shape index (κ2) is 6.35. The SMILES string of the molecule is CCCOC(CNC1CC1)COC. The summed E-state index contributed by atoms with van der Waals surface area (Å²) in [6.07, 6.45) is 3.95. The molecule has 1 N–H and O–H groups in total. The largest absolute Gasteiger partial charge is 0.382 e. The maximum absolute atomic E-state index is 5.62. The van der Waals surface area contributed by atoms with Gasteiger partial charge in [0, 0.05) is 26.3 Å². The third kappa shape index (κ3) is 5.24. The Hall–Kier alpha value is -0.120. The Morgan fingerprint density at radius 3 is 2.77 bits per heavy atom. The molecule has 0 saturated heterocycles. The number of hydrogen-bond donors (Lipinski definition) is 1. The van der Waals surface area contributed by atoms with Crippen LogP contribution in [-0.2, 0) is 9.47 Å². The van der Waals surface area contributed by atoms with Gasteiger partial charge >= 0.3 is 0 Å². The van der Waals surface area contributed by atoms with Crippen LogP contribution in [0, 0.1) is 0 Å². The molecule has 78 valence electrons. The Kier molecular flexibility index (Phi) is 5.35. The van der Waals surface area contributed by atoms with Crippen molar-refractivity contribution >= 4 is 0 Å². The number of ether oxygens (including phenoxy) is 2. The lowest BCUT2D eigenvalue weighted by Crippen LogP contribution is -2.34. The van der Waals surface area contributed by atoms with Crippen LogP contribution >= 0.6 is 0 Å². The maximum atomic E-state index is 5.62. The summed E-state index contributed by atoms with van der Waals surface area (Å²) in [6, 6.07) is 0.754. The number of rotatable bonds is 8. The minimum Gasteiger partial charge on any atom is -0.382 e. The maximum Gasteiger partial charge on any atom is 0.0932 e. The first-order valence-corrected chi connectivity index (χ1v) is 5.20. The zero-order valence-corrected chi connectivity index (χ0v) is 8.71. The number of methoxy groups -OCH3 is 1. The molecule has 0 aromatic rings. The van der Waals surface area contributed by atoms with Crippen molar-refractivity contribution in [1.82, 2.24) is 5.32 Å². The summed E-state index contributed by atoms with van der Waals surface area (Å²) < 4.78 is 10.7. The molecule has 0 radical (unpaired) electrons. The van der Waals surface area contributed by atoms with Crippen LogP contribution in [0.4, 0.5) is 0 Å². The van der Waals surface area contributed by atoms with Gasteiger partial charge in [0.25, 0.3) is 0 Å². The fourth-order valence-electron chi connectivity index (χ4n) is 1.22. The van der Waals surface area contributed by atoms with E-state index < -0.39 is 0 Å². The van der Waals surface area contributed by atoms with E-state index in [0.29, 0.717) is 6.61 Å². The molecule has 3 heteroatoms. The van der Waals surface area contributed by atoms with Crippen LogP contribution in [0.15, 0.2) is 0 Å². The Morgan fingerprint density at radius 2 is 2.23 bits per heavy atom. The highest BCUT2D eigenvalue weighted by atomic mass is 16.5. The van der Waals surface area contributed by atoms with Crippen molar-refractivity contribution in [2.45, 2.75) is 38.3 Å². The van der Waals surface area contributed by atoms with Crippen LogP contribution in [0.5, 0.6) is 0 Å². The fourth-order valence-corrected chi connectivity index (χ4v) is 1.22. The van der Waals surface area contributed by atoms with Crippen molar-refractivity contribution in [2.24, 2.45) is 0 Å². The molecule has 0 aromatic heterocycles. The van der Waals surface area contributed by atoms with Crippen LogP contribution < -0.4 is 5.32 Å². The Balaban J connectivity index is 2.03. The summed E-state index contributed by atoms with van der Waals surface area (Å²) in [7, 11) is 1.72. The first-order valence-electron chi connectivity index (χ1n) is 5.20. The molecule has 1 rings (SSSR count). The molecule has 3 nitrogen and oxygen atoms in total. The van der Waals surface area contributed by atoms with Gasteiger partial charge in [-0.25, -0.2) is 0 Å². The molecule has 1 aliphatic rings. The van der Waals surface area contributed by atoms with Crippen molar-refractivity contribution < 1.29 is 9.47 Å². The quantitative estimate of drug-likeness (QED) is 0.619. The molecular formula is C10H21NO2. The first-order chi connectivity index (χ1) is 6.36. The second-order valence-corrected chi connectivity index (χ2v) is 3.63. The molecule has 1 saturated carbocycles. The second-order valence-electron chi connectivity index (χ2n) is 3.63. The zero-order valence-electron chi connectivity index (χ0n) is 8.71. The molecule has 1 aliphatic carbocycles. The summed E-state index contributed by atoms with van der Waals surface area (Å²) in [4.78, 5) is 0. The standard InChI is InChI=1S/C10H21NO2/c1-3-6-13-10(8-12-2)7-11-9-4-5-9/h9-11H,3-8H2,1-2H3. The van der Waals surface area contributed by atoms with Crippen molar-refractivity contribution in [3.05, 3.63) is 0 Å². The summed E-state index contributed by atoms with van der Waals surface area (Å²) in [5.41, 5.74) is 0. The monoisotopic (exact) mass is 187 g/mol.